The van der Waals surface area contributed by atoms with Crippen LogP contribution in [0.5, 0.6) is 0 Å². The lowest BCUT2D eigenvalue weighted by atomic mass is 10.6. The zero-order valence-corrected chi connectivity index (χ0v) is 11.5. The van der Waals surface area contributed by atoms with Crippen LogP contribution in [0.4, 0.5) is 0 Å². The standard InChI is InChI=1S/C10H21NO4Si/c1-5-8-16(13-6-2,14-7-3)15-10(4)11-9-12/h10H,5-8H2,1-4H3. The predicted octanol–water partition coefficient (Wildman–Crippen LogP) is 2.11. The van der Waals surface area contributed by atoms with E-state index >= 15 is 0 Å². The monoisotopic (exact) mass is 247 g/mol. The Bertz CT molecular complexity index is 214. The average Bonchev–Trinajstić information content (AvgIpc) is 2.18. The van der Waals surface area contributed by atoms with E-state index < -0.39 is 15.0 Å². The van der Waals surface area contributed by atoms with E-state index in [1.54, 1.807) is 6.92 Å². The van der Waals surface area contributed by atoms with Crippen molar-refractivity contribution in [1.82, 2.24) is 0 Å². The maximum absolute atomic E-state index is 10.1. The van der Waals surface area contributed by atoms with Crippen molar-refractivity contribution in [3.8, 4) is 0 Å². The van der Waals surface area contributed by atoms with Crippen molar-refractivity contribution in [2.24, 2.45) is 4.99 Å². The molecule has 0 aromatic rings. The number of isocyanates is 1. The molecule has 0 radical (unpaired) electrons. The van der Waals surface area contributed by atoms with E-state index in [1.807, 2.05) is 20.8 Å². The lowest BCUT2D eigenvalue weighted by molar-refractivity contribution is 0.0412. The summed E-state index contributed by atoms with van der Waals surface area (Å²) in [5.41, 5.74) is 0. The molecule has 0 amide bonds. The van der Waals surface area contributed by atoms with Gasteiger partial charge in [-0.3, -0.25) is 0 Å². The van der Waals surface area contributed by atoms with E-state index in [0.29, 0.717) is 13.2 Å². The summed E-state index contributed by atoms with van der Waals surface area (Å²) in [4.78, 5) is 13.6. The van der Waals surface area contributed by atoms with Crippen molar-refractivity contribution >= 4 is 14.9 Å². The van der Waals surface area contributed by atoms with Crippen molar-refractivity contribution < 1.29 is 18.1 Å². The van der Waals surface area contributed by atoms with Gasteiger partial charge < -0.3 is 13.3 Å². The summed E-state index contributed by atoms with van der Waals surface area (Å²) in [5.74, 6) is 0. The first-order valence-electron chi connectivity index (χ1n) is 5.66. The molecule has 94 valence electrons. The van der Waals surface area contributed by atoms with Crippen LogP contribution in [0.25, 0.3) is 0 Å². The number of rotatable bonds is 9. The van der Waals surface area contributed by atoms with Crippen LogP contribution in [-0.4, -0.2) is 34.3 Å². The lowest BCUT2D eigenvalue weighted by Gasteiger charge is -2.29. The van der Waals surface area contributed by atoms with Gasteiger partial charge in [0, 0.05) is 19.3 Å². The van der Waals surface area contributed by atoms with Gasteiger partial charge in [-0.15, -0.1) is 0 Å². The minimum Gasteiger partial charge on any atom is -0.374 e. The molecule has 0 fully saturated rings. The third kappa shape index (κ3) is 5.53. The maximum atomic E-state index is 10.1. The highest BCUT2D eigenvalue weighted by atomic mass is 28.4. The van der Waals surface area contributed by atoms with Crippen LogP contribution < -0.4 is 0 Å². The van der Waals surface area contributed by atoms with E-state index in [4.69, 9.17) is 13.3 Å². The van der Waals surface area contributed by atoms with Crippen molar-refractivity contribution in [2.75, 3.05) is 13.2 Å². The van der Waals surface area contributed by atoms with E-state index in [1.165, 1.54) is 6.08 Å². The number of hydrogen-bond acceptors (Lipinski definition) is 5. The quantitative estimate of drug-likeness (QED) is 0.356. The Kier molecular flexibility index (Phi) is 8.33. The molecule has 16 heavy (non-hydrogen) atoms. The summed E-state index contributed by atoms with van der Waals surface area (Å²) in [5, 5.41) is 0. The second-order valence-electron chi connectivity index (χ2n) is 3.24. The topological polar surface area (TPSA) is 57.1 Å². The Hall–Kier alpha value is -0.523. The molecule has 0 bridgehead atoms. The third-order valence-electron chi connectivity index (χ3n) is 1.87. The fourth-order valence-corrected chi connectivity index (χ4v) is 4.11. The first-order valence-corrected chi connectivity index (χ1v) is 7.60. The summed E-state index contributed by atoms with van der Waals surface area (Å²) in [6.45, 7) is 8.57. The molecule has 5 nitrogen and oxygen atoms in total. The van der Waals surface area contributed by atoms with Gasteiger partial charge in [-0.25, -0.2) is 4.79 Å². The molecular formula is C10H21NO4Si. The highest BCUT2D eigenvalue weighted by molar-refractivity contribution is 6.60. The molecule has 0 saturated carbocycles. The first-order chi connectivity index (χ1) is 7.64. The van der Waals surface area contributed by atoms with Gasteiger partial charge in [0.05, 0.1) is 0 Å². The van der Waals surface area contributed by atoms with Gasteiger partial charge in [-0.05, 0) is 20.8 Å². The van der Waals surface area contributed by atoms with Gasteiger partial charge >= 0.3 is 8.80 Å². The number of nitrogens with zero attached hydrogens (tertiary/aromatic N) is 1. The fourth-order valence-electron chi connectivity index (χ4n) is 1.42. The van der Waals surface area contributed by atoms with Crippen molar-refractivity contribution in [1.29, 1.82) is 0 Å². The molecule has 6 heteroatoms. The SMILES string of the molecule is CCC[Si](OCC)(OCC)OC(C)N=C=O. The third-order valence-corrected chi connectivity index (χ3v) is 5.14. The predicted molar refractivity (Wildman–Crippen MR) is 62.8 cm³/mol. The van der Waals surface area contributed by atoms with Crippen molar-refractivity contribution in [3.05, 3.63) is 0 Å². The van der Waals surface area contributed by atoms with E-state index in [0.717, 1.165) is 12.5 Å². The Morgan fingerprint density at radius 3 is 2.19 bits per heavy atom. The summed E-state index contributed by atoms with van der Waals surface area (Å²) >= 11 is 0. The normalized spacial score (nSPS) is 13.2. The van der Waals surface area contributed by atoms with E-state index in [2.05, 4.69) is 4.99 Å². The van der Waals surface area contributed by atoms with Crippen molar-refractivity contribution in [3.63, 3.8) is 0 Å². The molecule has 0 heterocycles. The van der Waals surface area contributed by atoms with Gasteiger partial charge in [-0.1, -0.05) is 13.3 Å². The smallest absolute Gasteiger partial charge is 0.374 e. The van der Waals surface area contributed by atoms with E-state index in [-0.39, 0.29) is 0 Å². The second kappa shape index (κ2) is 8.61. The van der Waals surface area contributed by atoms with Crippen LogP contribution >= 0.6 is 0 Å². The van der Waals surface area contributed by atoms with Gasteiger partial charge in [0.1, 0.15) is 0 Å². The Morgan fingerprint density at radius 1 is 1.25 bits per heavy atom. The molecule has 1 atom stereocenters. The highest BCUT2D eigenvalue weighted by Gasteiger charge is 2.41. The minimum atomic E-state index is -2.67. The molecule has 0 spiro atoms. The van der Waals surface area contributed by atoms with Gasteiger partial charge in [0.25, 0.3) is 0 Å². The van der Waals surface area contributed by atoms with Crippen LogP contribution in [0.1, 0.15) is 34.1 Å². The number of aliphatic imine (C=N–C) groups is 1. The summed E-state index contributed by atoms with van der Waals surface area (Å²) < 4.78 is 16.9. The lowest BCUT2D eigenvalue weighted by Crippen LogP contribution is -2.47. The van der Waals surface area contributed by atoms with Crippen molar-refractivity contribution in [2.45, 2.75) is 46.4 Å². The molecule has 0 aliphatic heterocycles. The number of carbonyl (C=O) groups excluding carboxylic acids is 1. The van der Waals surface area contributed by atoms with Gasteiger partial charge in [-0.2, -0.15) is 4.99 Å². The Balaban J connectivity index is 4.63. The van der Waals surface area contributed by atoms with Crippen LogP contribution in [0, 0.1) is 0 Å². The molecule has 0 aliphatic carbocycles. The van der Waals surface area contributed by atoms with Crippen LogP contribution in [-0.2, 0) is 18.1 Å². The highest BCUT2D eigenvalue weighted by Crippen LogP contribution is 2.20. The zero-order valence-electron chi connectivity index (χ0n) is 10.5. The largest absolute Gasteiger partial charge is 0.502 e. The molecule has 0 saturated heterocycles. The van der Waals surface area contributed by atoms with Gasteiger partial charge in [0.15, 0.2) is 6.23 Å². The number of hydrogen-bond donors (Lipinski definition) is 0. The molecule has 1 unspecified atom stereocenters. The molecule has 0 aliphatic rings. The molecule has 0 N–H and O–H groups in total. The molecule has 0 aromatic heterocycles. The molecular weight excluding hydrogens is 226 g/mol. The first kappa shape index (κ1) is 15.5. The van der Waals surface area contributed by atoms with Crippen LogP contribution in [0.3, 0.4) is 0 Å². The Labute approximate surface area is 98.2 Å². The zero-order chi connectivity index (χ0) is 12.4. The average molecular weight is 247 g/mol. The maximum Gasteiger partial charge on any atom is 0.502 e. The summed E-state index contributed by atoms with van der Waals surface area (Å²) in [7, 11) is -2.67. The van der Waals surface area contributed by atoms with Gasteiger partial charge in [0.2, 0.25) is 6.08 Å². The van der Waals surface area contributed by atoms with E-state index in [9.17, 15) is 4.79 Å². The second-order valence-corrected chi connectivity index (χ2v) is 5.92. The minimum absolute atomic E-state index is 0.531. The van der Waals surface area contributed by atoms with Crippen LogP contribution in [0.2, 0.25) is 6.04 Å². The summed E-state index contributed by atoms with van der Waals surface area (Å²) in [6.07, 6.45) is 1.82. The Morgan fingerprint density at radius 2 is 1.81 bits per heavy atom. The fraction of sp³-hybridized carbons (Fsp3) is 0.900. The summed E-state index contributed by atoms with van der Waals surface area (Å²) in [6, 6.07) is 0.730. The molecule has 0 aromatic carbocycles. The molecule has 0 rings (SSSR count). The van der Waals surface area contributed by atoms with Crippen LogP contribution in [0.15, 0.2) is 4.99 Å².